The second-order valence-electron chi connectivity index (χ2n) is 6.14. The van der Waals surface area contributed by atoms with Crippen LogP contribution in [-0.2, 0) is 9.59 Å². The first kappa shape index (κ1) is 19.1. The first-order chi connectivity index (χ1) is 13.5. The molecule has 0 radical (unpaired) electrons. The molecule has 1 unspecified atom stereocenters. The van der Waals surface area contributed by atoms with E-state index in [1.54, 1.807) is 25.1 Å². The van der Waals surface area contributed by atoms with Gasteiger partial charge in [-0.3, -0.25) is 20.4 Å². The van der Waals surface area contributed by atoms with Gasteiger partial charge in [0, 0.05) is 6.08 Å². The molecule has 1 atom stereocenters. The molecule has 0 spiro atoms. The molecule has 142 valence electrons. The molecule has 2 amide bonds. The lowest BCUT2D eigenvalue weighted by molar-refractivity contribution is -0.131. The minimum absolute atomic E-state index is 0.393. The fourth-order valence-corrected chi connectivity index (χ4v) is 2.55. The maximum Gasteiger partial charge on any atom is 0.279 e. The van der Waals surface area contributed by atoms with Crippen LogP contribution in [0, 0.1) is 5.82 Å². The van der Waals surface area contributed by atoms with Crippen molar-refractivity contribution in [3.63, 3.8) is 0 Å². The van der Waals surface area contributed by atoms with Gasteiger partial charge >= 0.3 is 0 Å². The van der Waals surface area contributed by atoms with Crippen LogP contribution in [0.1, 0.15) is 12.5 Å². The molecule has 0 fully saturated rings. The van der Waals surface area contributed by atoms with Crippen molar-refractivity contribution in [2.24, 2.45) is 0 Å². The summed E-state index contributed by atoms with van der Waals surface area (Å²) in [5.74, 6) is -0.884. The number of hydrazine groups is 1. The largest absolute Gasteiger partial charge is 0.481 e. The Hall–Kier alpha value is -3.67. The van der Waals surface area contributed by atoms with E-state index in [0.717, 1.165) is 10.8 Å². The van der Waals surface area contributed by atoms with E-state index in [0.29, 0.717) is 11.3 Å². The summed E-state index contributed by atoms with van der Waals surface area (Å²) in [6.07, 6.45) is 1.83. The van der Waals surface area contributed by atoms with Gasteiger partial charge in [-0.15, -0.1) is 0 Å². The molecular formula is C22H19FN2O3. The van der Waals surface area contributed by atoms with Gasteiger partial charge in [0.2, 0.25) is 0 Å². The number of benzene rings is 3. The molecule has 0 bridgehead atoms. The fourth-order valence-electron chi connectivity index (χ4n) is 2.55. The van der Waals surface area contributed by atoms with Gasteiger partial charge in [-0.05, 0) is 53.6 Å². The maximum absolute atomic E-state index is 13.1. The normalized spacial score (nSPS) is 11.9. The third kappa shape index (κ3) is 5.17. The lowest BCUT2D eigenvalue weighted by Crippen LogP contribution is -2.46. The number of ether oxygens (including phenoxy) is 1. The second kappa shape index (κ2) is 8.81. The Morgan fingerprint density at radius 3 is 2.54 bits per heavy atom. The summed E-state index contributed by atoms with van der Waals surface area (Å²) in [5, 5.41) is 2.08. The van der Waals surface area contributed by atoms with Crippen LogP contribution in [0.5, 0.6) is 5.75 Å². The van der Waals surface area contributed by atoms with E-state index in [-0.39, 0.29) is 0 Å². The summed E-state index contributed by atoms with van der Waals surface area (Å²) >= 11 is 0. The first-order valence-electron chi connectivity index (χ1n) is 8.70. The zero-order chi connectivity index (χ0) is 19.9. The molecule has 0 saturated carbocycles. The SMILES string of the molecule is CC(Oc1ccc2ccccc2c1)C(=O)NNC(=O)C=Cc1cccc(F)c1. The predicted molar refractivity (Wildman–Crippen MR) is 106 cm³/mol. The van der Waals surface area contributed by atoms with Crippen molar-refractivity contribution in [3.05, 3.63) is 84.2 Å². The summed E-state index contributed by atoms with van der Waals surface area (Å²) in [5.41, 5.74) is 5.10. The smallest absolute Gasteiger partial charge is 0.279 e. The Bertz CT molecular complexity index is 1030. The third-order valence-corrected chi connectivity index (χ3v) is 3.99. The van der Waals surface area contributed by atoms with Gasteiger partial charge in [0.05, 0.1) is 0 Å². The van der Waals surface area contributed by atoms with Crippen molar-refractivity contribution < 1.29 is 18.7 Å². The molecule has 28 heavy (non-hydrogen) atoms. The van der Waals surface area contributed by atoms with Gasteiger partial charge in [0.25, 0.3) is 11.8 Å². The lowest BCUT2D eigenvalue weighted by Gasteiger charge is -2.15. The van der Waals surface area contributed by atoms with Gasteiger partial charge < -0.3 is 4.74 Å². The number of hydrogen-bond acceptors (Lipinski definition) is 3. The van der Waals surface area contributed by atoms with Crippen LogP contribution < -0.4 is 15.6 Å². The quantitative estimate of drug-likeness (QED) is 0.527. The van der Waals surface area contributed by atoms with Crippen LogP contribution in [-0.4, -0.2) is 17.9 Å². The predicted octanol–water partition coefficient (Wildman–Crippen LogP) is 3.61. The molecule has 0 aliphatic carbocycles. The van der Waals surface area contributed by atoms with Gasteiger partial charge in [-0.25, -0.2) is 4.39 Å². The number of hydrogen-bond donors (Lipinski definition) is 2. The zero-order valence-corrected chi connectivity index (χ0v) is 15.2. The van der Waals surface area contributed by atoms with Crippen LogP contribution in [0.15, 0.2) is 72.8 Å². The summed E-state index contributed by atoms with van der Waals surface area (Å²) in [4.78, 5) is 23.9. The van der Waals surface area contributed by atoms with Gasteiger partial charge in [-0.2, -0.15) is 0 Å². The topological polar surface area (TPSA) is 67.4 Å². The number of halogens is 1. The van der Waals surface area contributed by atoms with Crippen LogP contribution in [0.25, 0.3) is 16.8 Å². The molecule has 0 saturated heterocycles. The van der Waals surface area contributed by atoms with E-state index in [4.69, 9.17) is 4.74 Å². The first-order valence-corrected chi connectivity index (χ1v) is 8.70. The zero-order valence-electron chi connectivity index (χ0n) is 15.2. The minimum atomic E-state index is -0.811. The maximum atomic E-state index is 13.1. The number of carbonyl (C=O) groups excluding carboxylic acids is 2. The Kier molecular flexibility index (Phi) is 6.01. The van der Waals surface area contributed by atoms with Crippen LogP contribution in [0.3, 0.4) is 0 Å². The number of amides is 2. The molecule has 3 aromatic rings. The lowest BCUT2D eigenvalue weighted by atomic mass is 10.1. The average Bonchev–Trinajstić information content (AvgIpc) is 2.70. The molecule has 6 heteroatoms. The van der Waals surface area contributed by atoms with E-state index in [1.807, 2.05) is 36.4 Å². The van der Waals surface area contributed by atoms with Crippen LogP contribution >= 0.6 is 0 Å². The van der Waals surface area contributed by atoms with Crippen molar-refractivity contribution in [1.82, 2.24) is 10.9 Å². The monoisotopic (exact) mass is 378 g/mol. The average molecular weight is 378 g/mol. The van der Waals surface area contributed by atoms with Crippen molar-refractivity contribution in [1.29, 1.82) is 0 Å². The standard InChI is InChI=1S/C22H19FN2O3/c1-15(28-20-11-10-17-6-2-3-7-18(17)14-20)22(27)25-24-21(26)12-9-16-5-4-8-19(23)13-16/h2-15H,1H3,(H,24,26)(H,25,27). The summed E-state index contributed by atoms with van der Waals surface area (Å²) in [6, 6.07) is 19.2. The molecule has 2 N–H and O–H groups in total. The molecule has 0 aliphatic heterocycles. The molecule has 0 heterocycles. The number of carbonyl (C=O) groups is 2. The molecule has 5 nitrogen and oxygen atoms in total. The second-order valence-corrected chi connectivity index (χ2v) is 6.14. The van der Waals surface area contributed by atoms with E-state index in [1.165, 1.54) is 24.3 Å². The highest BCUT2D eigenvalue weighted by Crippen LogP contribution is 2.21. The summed E-state index contributed by atoms with van der Waals surface area (Å²) in [6.45, 7) is 1.58. The van der Waals surface area contributed by atoms with Crippen molar-refractivity contribution >= 4 is 28.7 Å². The van der Waals surface area contributed by atoms with Crippen molar-refractivity contribution in [3.8, 4) is 5.75 Å². The van der Waals surface area contributed by atoms with E-state index >= 15 is 0 Å². The molecule has 0 aromatic heterocycles. The summed E-state index contributed by atoms with van der Waals surface area (Å²) < 4.78 is 18.7. The Morgan fingerprint density at radius 1 is 0.964 bits per heavy atom. The number of rotatable bonds is 5. The summed E-state index contributed by atoms with van der Waals surface area (Å²) in [7, 11) is 0. The highest BCUT2D eigenvalue weighted by Gasteiger charge is 2.15. The van der Waals surface area contributed by atoms with Crippen molar-refractivity contribution in [2.45, 2.75) is 13.0 Å². The van der Waals surface area contributed by atoms with Crippen LogP contribution in [0.4, 0.5) is 4.39 Å². The fraction of sp³-hybridized carbons (Fsp3) is 0.0909. The third-order valence-electron chi connectivity index (χ3n) is 3.99. The van der Waals surface area contributed by atoms with Crippen molar-refractivity contribution in [2.75, 3.05) is 0 Å². The van der Waals surface area contributed by atoms with Gasteiger partial charge in [0.15, 0.2) is 6.10 Å². The van der Waals surface area contributed by atoms with Crippen LogP contribution in [0.2, 0.25) is 0 Å². The Morgan fingerprint density at radius 2 is 1.75 bits per heavy atom. The molecule has 3 rings (SSSR count). The molecular weight excluding hydrogens is 359 g/mol. The van der Waals surface area contributed by atoms with E-state index in [9.17, 15) is 14.0 Å². The van der Waals surface area contributed by atoms with Gasteiger partial charge in [-0.1, -0.05) is 42.5 Å². The molecule has 3 aromatic carbocycles. The van der Waals surface area contributed by atoms with E-state index in [2.05, 4.69) is 10.9 Å². The van der Waals surface area contributed by atoms with Gasteiger partial charge in [0.1, 0.15) is 11.6 Å². The Labute approximate surface area is 161 Å². The van der Waals surface area contributed by atoms with E-state index < -0.39 is 23.7 Å². The number of nitrogens with one attached hydrogen (secondary N) is 2. The highest BCUT2D eigenvalue weighted by atomic mass is 19.1. The minimum Gasteiger partial charge on any atom is -0.481 e. The Balaban J connectivity index is 1.51. The highest BCUT2D eigenvalue weighted by molar-refractivity contribution is 5.93. The molecule has 0 aliphatic rings. The number of fused-ring (bicyclic) bond motifs is 1.